The largest absolute Gasteiger partial charge is 0.397 e. The average molecular weight is 343 g/mol. The van der Waals surface area contributed by atoms with Crippen LogP contribution >= 0.6 is 0 Å². The number of anilines is 2. The monoisotopic (exact) mass is 342 g/mol. The van der Waals surface area contributed by atoms with E-state index in [1.807, 2.05) is 25.1 Å². The molecule has 1 unspecified atom stereocenters. The molecule has 4 nitrogen and oxygen atoms in total. The number of nitrogens with one attached hydrogen (secondary N) is 1. The molecule has 0 aromatic heterocycles. The van der Waals surface area contributed by atoms with Crippen LogP contribution in [0.3, 0.4) is 0 Å². The molecule has 0 heterocycles. The topological polar surface area (TPSA) is 102 Å². The van der Waals surface area contributed by atoms with Gasteiger partial charge < -0.3 is 22.6 Å². The Morgan fingerprint density at radius 3 is 1.92 bits per heavy atom. The van der Waals surface area contributed by atoms with Gasteiger partial charge in [0.05, 0.1) is 23.1 Å². The molecule has 1 aliphatic rings. The molecule has 0 saturated heterocycles. The van der Waals surface area contributed by atoms with Crippen LogP contribution in [0.2, 0.25) is 0 Å². The van der Waals surface area contributed by atoms with Crippen molar-refractivity contribution in [3.8, 4) is 0 Å². The minimum absolute atomic E-state index is 0.0272. The maximum absolute atomic E-state index is 7.27. The Kier molecular flexibility index (Phi) is 6.24. The Morgan fingerprint density at radius 1 is 0.960 bits per heavy atom. The zero-order valence-electron chi connectivity index (χ0n) is 16.7. The third-order valence-electron chi connectivity index (χ3n) is 4.19. The first-order valence-electron chi connectivity index (χ1n) is 8.64. The molecule has 0 amide bonds. The van der Waals surface area contributed by atoms with Crippen molar-refractivity contribution in [2.75, 3.05) is 11.5 Å². The minimum atomic E-state index is -0.186. The molecule has 1 aromatic carbocycles. The molecule has 0 radical (unpaired) electrons. The molecule has 0 aliphatic heterocycles. The molecule has 1 aliphatic carbocycles. The number of rotatable bonds is 0. The van der Waals surface area contributed by atoms with Gasteiger partial charge in [0, 0.05) is 0 Å². The molecule has 0 spiro atoms. The fourth-order valence-corrected chi connectivity index (χ4v) is 2.48. The first-order valence-corrected chi connectivity index (χ1v) is 8.64. The van der Waals surface area contributed by atoms with Crippen molar-refractivity contribution in [3.63, 3.8) is 0 Å². The first-order chi connectivity index (χ1) is 11.2. The normalized spacial score (nSPS) is 17.7. The Hall–Kier alpha value is -2.07. The van der Waals surface area contributed by atoms with Gasteiger partial charge in [0.15, 0.2) is 0 Å². The van der Waals surface area contributed by atoms with Crippen LogP contribution in [0.5, 0.6) is 0 Å². The summed E-state index contributed by atoms with van der Waals surface area (Å²) in [6.07, 6.45) is 5.55. The van der Waals surface area contributed by atoms with E-state index in [9.17, 15) is 0 Å². The maximum atomic E-state index is 7.27. The van der Waals surface area contributed by atoms with E-state index in [1.54, 1.807) is 6.08 Å². The van der Waals surface area contributed by atoms with Crippen LogP contribution in [0.25, 0.3) is 0 Å². The molecule has 138 valence electrons. The quantitative estimate of drug-likeness (QED) is 0.529. The van der Waals surface area contributed by atoms with Gasteiger partial charge in [-0.25, -0.2) is 0 Å². The van der Waals surface area contributed by atoms with Crippen molar-refractivity contribution >= 4 is 17.1 Å². The molecule has 1 aromatic rings. The SMILES string of the molecule is CC(C)(C)c1cc(N)c(N)c(C(C)(C)C)c1.CC1=CC(=N)C(N)C=C1. The van der Waals surface area contributed by atoms with Crippen LogP contribution in [-0.2, 0) is 10.8 Å². The summed E-state index contributed by atoms with van der Waals surface area (Å²) in [5.74, 6) is 0. The van der Waals surface area contributed by atoms with E-state index in [4.69, 9.17) is 22.6 Å². The Morgan fingerprint density at radius 2 is 1.52 bits per heavy atom. The lowest BCUT2D eigenvalue weighted by Crippen LogP contribution is -2.27. The fraction of sp³-hybridized carbons (Fsp3) is 0.476. The number of hydrogen-bond donors (Lipinski definition) is 4. The lowest BCUT2D eigenvalue weighted by atomic mass is 9.79. The second-order valence-corrected chi connectivity index (χ2v) is 8.76. The smallest absolute Gasteiger partial charge is 0.0652 e. The molecule has 4 heteroatoms. The van der Waals surface area contributed by atoms with Crippen molar-refractivity contribution in [2.24, 2.45) is 5.73 Å². The van der Waals surface area contributed by atoms with Gasteiger partial charge in [-0.1, -0.05) is 59.8 Å². The van der Waals surface area contributed by atoms with E-state index in [1.165, 1.54) is 5.56 Å². The van der Waals surface area contributed by atoms with E-state index >= 15 is 0 Å². The predicted octanol–water partition coefficient (Wildman–Crippen LogP) is 4.30. The molecule has 25 heavy (non-hydrogen) atoms. The maximum Gasteiger partial charge on any atom is 0.0652 e. The molecular weight excluding hydrogens is 308 g/mol. The van der Waals surface area contributed by atoms with Gasteiger partial charge in [-0.3, -0.25) is 0 Å². The van der Waals surface area contributed by atoms with E-state index in [2.05, 4.69) is 47.6 Å². The highest BCUT2D eigenvalue weighted by molar-refractivity contribution is 5.99. The van der Waals surface area contributed by atoms with E-state index in [-0.39, 0.29) is 16.9 Å². The van der Waals surface area contributed by atoms with E-state index in [0.717, 1.165) is 16.8 Å². The van der Waals surface area contributed by atoms with Crippen molar-refractivity contribution in [1.82, 2.24) is 0 Å². The van der Waals surface area contributed by atoms with Crippen LogP contribution in [0.15, 0.2) is 35.9 Å². The van der Waals surface area contributed by atoms with Crippen molar-refractivity contribution in [3.05, 3.63) is 47.1 Å². The first kappa shape index (κ1) is 21.0. The molecule has 0 bridgehead atoms. The summed E-state index contributed by atoms with van der Waals surface area (Å²) in [4.78, 5) is 0. The fourth-order valence-electron chi connectivity index (χ4n) is 2.48. The third kappa shape index (κ3) is 5.75. The van der Waals surface area contributed by atoms with Crippen LogP contribution in [-0.4, -0.2) is 11.8 Å². The molecule has 1 atom stereocenters. The van der Waals surface area contributed by atoms with Gasteiger partial charge in [0.1, 0.15) is 0 Å². The van der Waals surface area contributed by atoms with Crippen LogP contribution < -0.4 is 17.2 Å². The van der Waals surface area contributed by atoms with Crippen LogP contribution in [0.1, 0.15) is 59.6 Å². The highest BCUT2D eigenvalue weighted by Crippen LogP contribution is 2.36. The minimum Gasteiger partial charge on any atom is -0.397 e. The van der Waals surface area contributed by atoms with Crippen LogP contribution in [0, 0.1) is 5.41 Å². The van der Waals surface area contributed by atoms with Crippen LogP contribution in [0.4, 0.5) is 11.4 Å². The number of nitrogen functional groups attached to an aromatic ring is 2. The van der Waals surface area contributed by atoms with Gasteiger partial charge in [0.2, 0.25) is 0 Å². The van der Waals surface area contributed by atoms with E-state index < -0.39 is 0 Å². The molecule has 0 fully saturated rings. The summed E-state index contributed by atoms with van der Waals surface area (Å²) < 4.78 is 0. The average Bonchev–Trinajstić information content (AvgIpc) is 2.44. The lowest BCUT2D eigenvalue weighted by molar-refractivity contribution is 0.570. The third-order valence-corrected chi connectivity index (χ3v) is 4.19. The number of benzene rings is 1. The van der Waals surface area contributed by atoms with E-state index in [0.29, 0.717) is 11.4 Å². The predicted molar refractivity (Wildman–Crippen MR) is 111 cm³/mol. The number of allylic oxidation sites excluding steroid dienone is 2. The summed E-state index contributed by atoms with van der Waals surface area (Å²) in [6, 6.07) is 3.99. The van der Waals surface area contributed by atoms with Gasteiger partial charge in [-0.05, 0) is 46.6 Å². The van der Waals surface area contributed by atoms with Gasteiger partial charge in [-0.15, -0.1) is 0 Å². The Bertz CT molecular complexity index is 698. The van der Waals surface area contributed by atoms with Crippen molar-refractivity contribution in [1.29, 1.82) is 5.41 Å². The van der Waals surface area contributed by atoms with Gasteiger partial charge in [0.25, 0.3) is 0 Å². The zero-order chi connectivity index (χ0) is 19.6. The Labute approximate surface area is 152 Å². The summed E-state index contributed by atoms with van der Waals surface area (Å²) in [5, 5.41) is 7.27. The van der Waals surface area contributed by atoms with Gasteiger partial charge in [-0.2, -0.15) is 0 Å². The second kappa shape index (κ2) is 7.44. The number of hydrogen-bond acceptors (Lipinski definition) is 4. The molecule has 2 rings (SSSR count). The standard InChI is InChI=1S/C14H24N2.C7H10N2/c1-13(2,3)9-7-10(14(4,5)6)12(16)11(15)8-9;1-5-2-3-6(8)7(9)4-5/h7-8H,15-16H2,1-6H3;2-4,6,9H,8H2,1H3. The Balaban J connectivity index is 0.000000293. The summed E-state index contributed by atoms with van der Waals surface area (Å²) >= 11 is 0. The van der Waals surface area contributed by atoms with Crippen molar-refractivity contribution in [2.45, 2.75) is 65.3 Å². The highest BCUT2D eigenvalue weighted by Gasteiger charge is 2.22. The molecular formula is C21H34N4. The van der Waals surface area contributed by atoms with Crippen molar-refractivity contribution < 1.29 is 0 Å². The van der Waals surface area contributed by atoms with Gasteiger partial charge >= 0.3 is 0 Å². The summed E-state index contributed by atoms with van der Waals surface area (Å²) in [7, 11) is 0. The molecule has 0 saturated carbocycles. The summed E-state index contributed by atoms with van der Waals surface area (Å²) in [6.45, 7) is 15.0. The zero-order valence-corrected chi connectivity index (χ0v) is 16.7. The second-order valence-electron chi connectivity index (χ2n) is 8.76. The number of nitrogens with two attached hydrogens (primary N) is 3. The highest BCUT2D eigenvalue weighted by atomic mass is 14.7. The summed E-state index contributed by atoms with van der Waals surface area (Å²) in [5.41, 5.74) is 23.0. The molecule has 7 N–H and O–H groups in total. The lowest BCUT2D eigenvalue weighted by Gasteiger charge is -2.27.